The molecule has 0 fully saturated rings. The summed E-state index contributed by atoms with van der Waals surface area (Å²) in [6.07, 6.45) is 0. The van der Waals surface area contributed by atoms with Crippen molar-refractivity contribution in [2.24, 2.45) is 0 Å². The molecule has 108 valence electrons. The minimum atomic E-state index is -1.12. The Morgan fingerprint density at radius 2 is 1.90 bits per heavy atom. The quantitative estimate of drug-likeness (QED) is 0.740. The summed E-state index contributed by atoms with van der Waals surface area (Å²) in [5.74, 6) is -2.22. The first-order valence-corrected chi connectivity index (χ1v) is 6.57. The fourth-order valence-electron chi connectivity index (χ4n) is 1.67. The van der Waals surface area contributed by atoms with E-state index in [1.54, 1.807) is 0 Å². The highest BCUT2D eigenvalue weighted by Crippen LogP contribution is 2.23. The van der Waals surface area contributed by atoms with Gasteiger partial charge in [0.2, 0.25) is 0 Å². The molecule has 0 radical (unpaired) electrons. The number of nitrogens with one attached hydrogen (secondary N) is 1. The lowest BCUT2D eigenvalue weighted by atomic mass is 10.1. The number of rotatable bonds is 3. The van der Waals surface area contributed by atoms with Gasteiger partial charge in [0.05, 0.1) is 22.5 Å². The molecule has 2 aromatic carbocycles. The molecule has 0 spiro atoms. The number of carbonyl (C=O) groups is 2. The highest BCUT2D eigenvalue weighted by molar-refractivity contribution is 9.10. The molecule has 0 saturated heterocycles. The number of aromatic carboxylic acids is 1. The highest BCUT2D eigenvalue weighted by atomic mass is 79.9. The van der Waals surface area contributed by atoms with E-state index in [9.17, 15) is 14.0 Å². The van der Waals surface area contributed by atoms with E-state index in [0.717, 1.165) is 6.07 Å². The van der Waals surface area contributed by atoms with E-state index in [1.165, 1.54) is 30.3 Å². The van der Waals surface area contributed by atoms with E-state index in [0.29, 0.717) is 4.47 Å². The normalized spacial score (nSPS) is 10.2. The second-order valence-corrected chi connectivity index (χ2v) is 5.04. The average Bonchev–Trinajstić information content (AvgIpc) is 2.43. The number of carboxylic acid groups (broad SMARTS) is 1. The molecule has 0 aliphatic carbocycles. The van der Waals surface area contributed by atoms with Gasteiger partial charge in [-0.3, -0.25) is 4.79 Å². The number of carboxylic acids is 1. The van der Waals surface area contributed by atoms with Crippen molar-refractivity contribution in [3.8, 4) is 0 Å². The monoisotopic (exact) mass is 352 g/mol. The SMILES string of the molecule is Nc1cc(C(=O)O)ccc1NC(=O)c1cc(F)ccc1Br. The zero-order valence-corrected chi connectivity index (χ0v) is 12.1. The van der Waals surface area contributed by atoms with Gasteiger partial charge in [-0.15, -0.1) is 0 Å². The summed E-state index contributed by atoms with van der Waals surface area (Å²) in [7, 11) is 0. The molecule has 7 heteroatoms. The van der Waals surface area contributed by atoms with Crippen LogP contribution >= 0.6 is 15.9 Å². The molecule has 0 bridgehead atoms. The number of hydrogen-bond acceptors (Lipinski definition) is 3. The molecule has 5 nitrogen and oxygen atoms in total. The molecular formula is C14H10BrFN2O3. The van der Waals surface area contributed by atoms with Crippen LogP contribution in [-0.2, 0) is 0 Å². The van der Waals surface area contributed by atoms with Crippen molar-refractivity contribution in [1.29, 1.82) is 0 Å². The number of benzene rings is 2. The summed E-state index contributed by atoms with van der Waals surface area (Å²) in [4.78, 5) is 22.9. The van der Waals surface area contributed by atoms with E-state index >= 15 is 0 Å². The molecule has 4 N–H and O–H groups in total. The smallest absolute Gasteiger partial charge is 0.335 e. The molecule has 2 rings (SSSR count). The van der Waals surface area contributed by atoms with Crippen LogP contribution in [0.5, 0.6) is 0 Å². The van der Waals surface area contributed by atoms with Crippen molar-refractivity contribution in [3.05, 3.63) is 57.8 Å². The maximum Gasteiger partial charge on any atom is 0.335 e. The van der Waals surface area contributed by atoms with E-state index < -0.39 is 17.7 Å². The third-order valence-corrected chi connectivity index (χ3v) is 3.41. The van der Waals surface area contributed by atoms with Crippen molar-refractivity contribution in [1.82, 2.24) is 0 Å². The Labute approximate surface area is 127 Å². The summed E-state index contributed by atoms with van der Waals surface area (Å²) >= 11 is 3.16. The number of hydrogen-bond donors (Lipinski definition) is 3. The lowest BCUT2D eigenvalue weighted by Gasteiger charge is -2.10. The van der Waals surface area contributed by atoms with Gasteiger partial charge in [0, 0.05) is 4.47 Å². The van der Waals surface area contributed by atoms with E-state index in [2.05, 4.69) is 21.2 Å². The van der Waals surface area contributed by atoms with Gasteiger partial charge < -0.3 is 16.2 Å². The van der Waals surface area contributed by atoms with Crippen LogP contribution in [0.2, 0.25) is 0 Å². The van der Waals surface area contributed by atoms with Crippen molar-refractivity contribution < 1.29 is 19.1 Å². The molecule has 0 aliphatic heterocycles. The standard InChI is InChI=1S/C14H10BrFN2O3/c15-10-3-2-8(16)6-9(10)13(19)18-12-4-1-7(14(20)21)5-11(12)17/h1-6H,17H2,(H,18,19)(H,20,21). The van der Waals surface area contributed by atoms with Crippen LogP contribution < -0.4 is 11.1 Å². The number of carbonyl (C=O) groups excluding carboxylic acids is 1. The summed E-state index contributed by atoms with van der Waals surface area (Å²) in [5.41, 5.74) is 6.17. The number of halogens is 2. The van der Waals surface area contributed by atoms with Gasteiger partial charge in [0.1, 0.15) is 5.82 Å². The Morgan fingerprint density at radius 3 is 2.52 bits per heavy atom. The van der Waals surface area contributed by atoms with Crippen molar-refractivity contribution in [2.45, 2.75) is 0 Å². The maximum atomic E-state index is 13.2. The molecule has 21 heavy (non-hydrogen) atoms. The van der Waals surface area contributed by atoms with Gasteiger partial charge in [-0.05, 0) is 52.3 Å². The molecule has 0 aromatic heterocycles. The average molecular weight is 353 g/mol. The van der Waals surface area contributed by atoms with E-state index in [1.807, 2.05) is 0 Å². The minimum Gasteiger partial charge on any atom is -0.478 e. The first-order chi connectivity index (χ1) is 9.88. The van der Waals surface area contributed by atoms with Crippen molar-refractivity contribution in [3.63, 3.8) is 0 Å². The number of amides is 1. The Kier molecular flexibility index (Phi) is 4.23. The van der Waals surface area contributed by atoms with Crippen LogP contribution in [0.1, 0.15) is 20.7 Å². The first-order valence-electron chi connectivity index (χ1n) is 5.77. The van der Waals surface area contributed by atoms with Gasteiger partial charge in [0.25, 0.3) is 5.91 Å². The fourth-order valence-corrected chi connectivity index (χ4v) is 2.10. The number of nitrogen functional groups attached to an aromatic ring is 1. The summed E-state index contributed by atoms with van der Waals surface area (Å²) in [6, 6.07) is 7.65. The fraction of sp³-hybridized carbons (Fsp3) is 0. The Morgan fingerprint density at radius 1 is 1.19 bits per heavy atom. The van der Waals surface area contributed by atoms with E-state index in [4.69, 9.17) is 10.8 Å². The van der Waals surface area contributed by atoms with E-state index in [-0.39, 0.29) is 22.5 Å². The third-order valence-electron chi connectivity index (χ3n) is 2.72. The predicted octanol–water partition coefficient (Wildman–Crippen LogP) is 3.12. The Bertz CT molecular complexity index is 734. The van der Waals surface area contributed by atoms with Gasteiger partial charge in [-0.1, -0.05) is 0 Å². The third kappa shape index (κ3) is 3.38. The topological polar surface area (TPSA) is 92.4 Å². The molecule has 1 amide bonds. The lowest BCUT2D eigenvalue weighted by Crippen LogP contribution is -2.14. The summed E-state index contributed by atoms with van der Waals surface area (Å²) in [5, 5.41) is 11.3. The molecule has 0 atom stereocenters. The van der Waals surface area contributed by atoms with Crippen LogP contribution in [0.15, 0.2) is 40.9 Å². The summed E-state index contributed by atoms with van der Waals surface area (Å²) in [6.45, 7) is 0. The molecule has 0 unspecified atom stereocenters. The van der Waals surface area contributed by atoms with Crippen LogP contribution in [0, 0.1) is 5.82 Å². The highest BCUT2D eigenvalue weighted by Gasteiger charge is 2.13. The molecule has 2 aromatic rings. The zero-order valence-electron chi connectivity index (χ0n) is 10.6. The molecular weight excluding hydrogens is 343 g/mol. The largest absolute Gasteiger partial charge is 0.478 e. The number of anilines is 2. The number of nitrogens with two attached hydrogens (primary N) is 1. The van der Waals surface area contributed by atoms with Gasteiger partial charge in [-0.2, -0.15) is 0 Å². The van der Waals surface area contributed by atoms with Crippen molar-refractivity contribution >= 4 is 39.2 Å². The molecule has 0 heterocycles. The second kappa shape index (κ2) is 5.92. The van der Waals surface area contributed by atoms with Gasteiger partial charge in [0.15, 0.2) is 0 Å². The maximum absolute atomic E-state index is 13.2. The molecule has 0 saturated carbocycles. The van der Waals surface area contributed by atoms with Crippen LogP contribution in [0.3, 0.4) is 0 Å². The second-order valence-electron chi connectivity index (χ2n) is 4.19. The molecule has 0 aliphatic rings. The van der Waals surface area contributed by atoms with Crippen LogP contribution in [-0.4, -0.2) is 17.0 Å². The van der Waals surface area contributed by atoms with Crippen LogP contribution in [0.25, 0.3) is 0 Å². The predicted molar refractivity (Wildman–Crippen MR) is 79.9 cm³/mol. The lowest BCUT2D eigenvalue weighted by molar-refractivity contribution is 0.0697. The van der Waals surface area contributed by atoms with Gasteiger partial charge >= 0.3 is 5.97 Å². The zero-order chi connectivity index (χ0) is 15.6. The minimum absolute atomic E-state index is 0.0115. The first kappa shape index (κ1) is 15.0. The summed E-state index contributed by atoms with van der Waals surface area (Å²) < 4.78 is 13.6. The van der Waals surface area contributed by atoms with Crippen molar-refractivity contribution in [2.75, 3.05) is 11.1 Å². The Hall–Kier alpha value is -2.41. The van der Waals surface area contributed by atoms with Gasteiger partial charge in [-0.25, -0.2) is 9.18 Å². The Balaban J connectivity index is 2.27. The van der Waals surface area contributed by atoms with Crippen LogP contribution in [0.4, 0.5) is 15.8 Å².